The number of carbonyl (C=O) groups is 1. The van der Waals surface area contributed by atoms with E-state index in [1.54, 1.807) is 0 Å². The summed E-state index contributed by atoms with van der Waals surface area (Å²) >= 11 is 1.52. The van der Waals surface area contributed by atoms with Crippen molar-refractivity contribution in [1.29, 1.82) is 0 Å². The Morgan fingerprint density at radius 2 is 2.12 bits per heavy atom. The van der Waals surface area contributed by atoms with E-state index in [0.29, 0.717) is 0 Å². The van der Waals surface area contributed by atoms with Crippen LogP contribution in [0.1, 0.15) is 21.8 Å². The number of hydrogen-bond donors (Lipinski definition) is 0. The van der Waals surface area contributed by atoms with E-state index in [4.69, 9.17) is 0 Å². The lowest BCUT2D eigenvalue weighted by Crippen LogP contribution is -2.34. The Bertz CT molecular complexity index is 679. The fourth-order valence-electron chi connectivity index (χ4n) is 3.11. The van der Waals surface area contributed by atoms with Crippen molar-refractivity contribution in [2.45, 2.75) is 13.0 Å². The Balaban J connectivity index is 1.61. The van der Waals surface area contributed by atoms with Crippen molar-refractivity contribution in [1.82, 2.24) is 19.4 Å². The molecule has 0 unspecified atom stereocenters. The van der Waals surface area contributed by atoms with Crippen LogP contribution in [0.4, 0.5) is 5.95 Å². The number of aromatic nitrogens is 2. The average molecular weight is 347 g/mol. The lowest BCUT2D eigenvalue weighted by molar-refractivity contribution is 0.0766. The first kappa shape index (κ1) is 17.0. The zero-order valence-corrected chi connectivity index (χ0v) is 15.4. The van der Waals surface area contributed by atoms with Gasteiger partial charge in [0.15, 0.2) is 0 Å². The quantitative estimate of drug-likeness (QED) is 0.847. The highest BCUT2D eigenvalue weighted by Crippen LogP contribution is 2.16. The standard InChI is InChI=1S/C17H25N5OS/c1-19(2)17-18-12-14(20(17)3)13-21-7-5-8-22(10-9-21)16(23)15-6-4-11-24-15/h4,6,11-12H,5,7-10,13H2,1-3H3. The van der Waals surface area contributed by atoms with Gasteiger partial charge in [-0.15, -0.1) is 11.3 Å². The Kier molecular flexibility index (Phi) is 5.20. The molecule has 6 nitrogen and oxygen atoms in total. The average Bonchev–Trinajstić information content (AvgIpc) is 3.14. The Morgan fingerprint density at radius 1 is 1.29 bits per heavy atom. The summed E-state index contributed by atoms with van der Waals surface area (Å²) in [4.78, 5) is 24.3. The number of imidazole rings is 1. The molecule has 1 saturated heterocycles. The molecule has 0 bridgehead atoms. The van der Waals surface area contributed by atoms with Gasteiger partial charge in [0, 0.05) is 53.9 Å². The van der Waals surface area contributed by atoms with Crippen molar-refractivity contribution in [3.05, 3.63) is 34.3 Å². The third kappa shape index (κ3) is 3.62. The Morgan fingerprint density at radius 3 is 2.79 bits per heavy atom. The molecule has 2 aromatic heterocycles. The lowest BCUT2D eigenvalue weighted by Gasteiger charge is -2.22. The van der Waals surface area contributed by atoms with Crippen LogP contribution in [0, 0.1) is 0 Å². The third-order valence-electron chi connectivity index (χ3n) is 4.45. The number of amides is 1. The molecule has 0 radical (unpaired) electrons. The van der Waals surface area contributed by atoms with Crippen molar-refractivity contribution in [3.8, 4) is 0 Å². The molecule has 3 rings (SSSR count). The summed E-state index contributed by atoms with van der Waals surface area (Å²) in [5, 5.41) is 1.96. The van der Waals surface area contributed by atoms with Crippen molar-refractivity contribution in [2.75, 3.05) is 45.2 Å². The van der Waals surface area contributed by atoms with Crippen LogP contribution in [-0.2, 0) is 13.6 Å². The minimum atomic E-state index is 0.169. The van der Waals surface area contributed by atoms with E-state index >= 15 is 0 Å². The van der Waals surface area contributed by atoms with Crippen molar-refractivity contribution < 1.29 is 4.79 Å². The first-order valence-electron chi connectivity index (χ1n) is 8.29. The van der Waals surface area contributed by atoms with Gasteiger partial charge < -0.3 is 14.4 Å². The van der Waals surface area contributed by atoms with E-state index in [9.17, 15) is 4.79 Å². The van der Waals surface area contributed by atoms with Gasteiger partial charge >= 0.3 is 0 Å². The molecule has 3 heterocycles. The van der Waals surface area contributed by atoms with Gasteiger partial charge in [-0.3, -0.25) is 9.69 Å². The summed E-state index contributed by atoms with van der Waals surface area (Å²) in [6.45, 7) is 4.41. The molecule has 0 aromatic carbocycles. The molecule has 24 heavy (non-hydrogen) atoms. The van der Waals surface area contributed by atoms with Gasteiger partial charge in [-0.05, 0) is 17.9 Å². The fraction of sp³-hybridized carbons (Fsp3) is 0.529. The van der Waals surface area contributed by atoms with E-state index in [2.05, 4.69) is 21.5 Å². The highest BCUT2D eigenvalue weighted by Gasteiger charge is 2.21. The van der Waals surface area contributed by atoms with E-state index < -0.39 is 0 Å². The summed E-state index contributed by atoms with van der Waals surface area (Å²) in [6.07, 6.45) is 2.96. The van der Waals surface area contributed by atoms with Gasteiger partial charge in [-0.2, -0.15) is 0 Å². The molecule has 1 aliphatic rings. The molecule has 1 fully saturated rings. The summed E-state index contributed by atoms with van der Waals surface area (Å²) in [7, 11) is 6.07. The summed E-state index contributed by atoms with van der Waals surface area (Å²) < 4.78 is 2.14. The van der Waals surface area contributed by atoms with Crippen LogP contribution in [0.15, 0.2) is 23.7 Å². The van der Waals surface area contributed by atoms with E-state index in [-0.39, 0.29) is 5.91 Å². The second kappa shape index (κ2) is 7.36. The Labute approximate surface area is 147 Å². The summed E-state index contributed by atoms with van der Waals surface area (Å²) in [6, 6.07) is 3.85. The van der Waals surface area contributed by atoms with Gasteiger partial charge in [0.2, 0.25) is 5.95 Å². The molecular formula is C17H25N5OS. The van der Waals surface area contributed by atoms with Crippen LogP contribution in [-0.4, -0.2) is 65.5 Å². The number of anilines is 1. The van der Waals surface area contributed by atoms with Gasteiger partial charge in [0.05, 0.1) is 16.8 Å². The van der Waals surface area contributed by atoms with Gasteiger partial charge in [-0.1, -0.05) is 6.07 Å². The number of carbonyl (C=O) groups excluding carboxylic acids is 1. The van der Waals surface area contributed by atoms with Gasteiger partial charge in [0.25, 0.3) is 5.91 Å². The molecule has 1 amide bonds. The molecule has 0 saturated carbocycles. The van der Waals surface area contributed by atoms with Crippen LogP contribution in [0.3, 0.4) is 0 Å². The van der Waals surface area contributed by atoms with Gasteiger partial charge in [0.1, 0.15) is 0 Å². The van der Waals surface area contributed by atoms with Crippen molar-refractivity contribution in [2.24, 2.45) is 7.05 Å². The maximum absolute atomic E-state index is 12.5. The molecule has 130 valence electrons. The largest absolute Gasteiger partial charge is 0.348 e. The molecule has 0 N–H and O–H groups in total. The SMILES string of the molecule is CN(C)c1ncc(CN2CCCN(C(=O)c3cccs3)CC2)n1C. The van der Waals surface area contributed by atoms with E-state index in [1.165, 1.54) is 17.0 Å². The predicted octanol–water partition coefficient (Wildman–Crippen LogP) is 1.90. The number of rotatable bonds is 4. The normalized spacial score (nSPS) is 16.2. The zero-order chi connectivity index (χ0) is 17.1. The van der Waals surface area contributed by atoms with Crippen molar-refractivity contribution in [3.63, 3.8) is 0 Å². The smallest absolute Gasteiger partial charge is 0.263 e. The summed E-state index contributed by atoms with van der Waals surface area (Å²) in [5.41, 5.74) is 1.21. The highest BCUT2D eigenvalue weighted by molar-refractivity contribution is 7.12. The van der Waals surface area contributed by atoms with Crippen LogP contribution in [0.2, 0.25) is 0 Å². The summed E-state index contributed by atoms with van der Waals surface area (Å²) in [5.74, 6) is 1.14. The second-order valence-corrected chi connectivity index (χ2v) is 7.35. The monoisotopic (exact) mass is 347 g/mol. The molecular weight excluding hydrogens is 322 g/mol. The first-order chi connectivity index (χ1) is 11.6. The first-order valence-corrected chi connectivity index (χ1v) is 9.17. The van der Waals surface area contributed by atoms with Crippen LogP contribution in [0.5, 0.6) is 0 Å². The maximum atomic E-state index is 12.5. The van der Waals surface area contributed by atoms with Crippen molar-refractivity contribution >= 4 is 23.2 Å². The maximum Gasteiger partial charge on any atom is 0.263 e. The van der Waals surface area contributed by atoms with E-state index in [1.807, 2.05) is 47.6 Å². The third-order valence-corrected chi connectivity index (χ3v) is 5.31. The number of hydrogen-bond acceptors (Lipinski definition) is 5. The molecule has 0 aliphatic carbocycles. The Hall–Kier alpha value is -1.86. The second-order valence-electron chi connectivity index (χ2n) is 6.40. The minimum absolute atomic E-state index is 0.169. The molecule has 1 aliphatic heterocycles. The number of nitrogens with zero attached hydrogens (tertiary/aromatic N) is 5. The van der Waals surface area contributed by atoms with Crippen LogP contribution >= 0.6 is 11.3 Å². The molecule has 7 heteroatoms. The zero-order valence-electron chi connectivity index (χ0n) is 14.6. The topological polar surface area (TPSA) is 44.6 Å². The predicted molar refractivity (Wildman–Crippen MR) is 97.7 cm³/mol. The molecule has 0 atom stereocenters. The fourth-order valence-corrected chi connectivity index (χ4v) is 3.80. The minimum Gasteiger partial charge on any atom is -0.348 e. The van der Waals surface area contributed by atoms with Crippen LogP contribution < -0.4 is 4.90 Å². The molecule has 2 aromatic rings. The van der Waals surface area contributed by atoms with Gasteiger partial charge in [-0.25, -0.2) is 4.98 Å². The highest BCUT2D eigenvalue weighted by atomic mass is 32.1. The van der Waals surface area contributed by atoms with Crippen LogP contribution in [0.25, 0.3) is 0 Å². The molecule has 0 spiro atoms. The number of thiophene rings is 1. The van der Waals surface area contributed by atoms with E-state index in [0.717, 1.165) is 50.0 Å². The lowest BCUT2D eigenvalue weighted by atomic mass is 10.3.